The van der Waals surface area contributed by atoms with E-state index in [0.29, 0.717) is 21.3 Å². The van der Waals surface area contributed by atoms with Gasteiger partial charge in [0.25, 0.3) is 0 Å². The Bertz CT molecular complexity index is 854. The normalized spacial score (nSPS) is 11.7. The predicted molar refractivity (Wildman–Crippen MR) is 98.7 cm³/mol. The Labute approximate surface area is 155 Å². The first-order chi connectivity index (χ1) is 11.7. The smallest absolute Gasteiger partial charge is 0.116 e. The Kier molecular flexibility index (Phi) is 5.42. The van der Waals surface area contributed by atoms with E-state index in [4.69, 9.17) is 23.2 Å². The van der Waals surface area contributed by atoms with Crippen LogP contribution in [-0.4, -0.2) is 4.98 Å². The molecule has 0 aliphatic heterocycles. The fourth-order valence-corrected chi connectivity index (χ4v) is 3.74. The Morgan fingerprint density at radius 1 is 0.875 bits per heavy atom. The monoisotopic (exact) mass is 370 g/mol. The Balaban J connectivity index is 1.88. The molecule has 118 valence electrons. The summed E-state index contributed by atoms with van der Waals surface area (Å²) in [6, 6.07) is 21.3. The first-order valence-corrected chi connectivity index (χ1v) is 8.78. The van der Waals surface area contributed by atoms with Gasteiger partial charge in [0.1, 0.15) is 5.92 Å². The van der Waals surface area contributed by atoms with Crippen LogP contribution in [0.25, 0.3) is 0 Å². The highest BCUT2D eigenvalue weighted by Crippen LogP contribution is 2.35. The van der Waals surface area contributed by atoms with Crippen molar-refractivity contribution in [3.8, 4) is 6.07 Å². The fourth-order valence-electron chi connectivity index (χ4n) is 2.31. The van der Waals surface area contributed by atoms with Crippen LogP contribution in [0.1, 0.15) is 17.2 Å². The number of pyridine rings is 1. The third-order valence-electron chi connectivity index (χ3n) is 3.45. The van der Waals surface area contributed by atoms with Crippen molar-refractivity contribution in [2.24, 2.45) is 0 Å². The van der Waals surface area contributed by atoms with Gasteiger partial charge in [-0.1, -0.05) is 59.2 Å². The van der Waals surface area contributed by atoms with E-state index >= 15 is 0 Å². The summed E-state index contributed by atoms with van der Waals surface area (Å²) in [5, 5.41) is 10.5. The lowest BCUT2D eigenvalue weighted by atomic mass is 9.96. The van der Waals surface area contributed by atoms with Crippen LogP contribution >= 0.6 is 35.0 Å². The topological polar surface area (TPSA) is 36.7 Å². The molecule has 0 amide bonds. The summed E-state index contributed by atoms with van der Waals surface area (Å²) in [4.78, 5) is 6.59. The molecule has 2 aromatic carbocycles. The molecule has 0 spiro atoms. The lowest BCUT2D eigenvalue weighted by molar-refractivity contribution is 0.955. The molecular formula is C19H12Cl2N2S. The van der Waals surface area contributed by atoms with Crippen LogP contribution < -0.4 is 0 Å². The SMILES string of the molecule is N#CC(c1ccc(Sc2ccccc2)cn1)c1c(Cl)cccc1Cl. The van der Waals surface area contributed by atoms with Gasteiger partial charge in [0, 0.05) is 31.6 Å². The quantitative estimate of drug-likeness (QED) is 0.548. The Morgan fingerprint density at radius 2 is 1.58 bits per heavy atom. The largest absolute Gasteiger partial charge is 0.258 e. The van der Waals surface area contributed by atoms with Crippen molar-refractivity contribution >= 4 is 35.0 Å². The third-order valence-corrected chi connectivity index (χ3v) is 5.10. The van der Waals surface area contributed by atoms with Crippen molar-refractivity contribution in [3.05, 3.63) is 88.2 Å². The minimum Gasteiger partial charge on any atom is -0.258 e. The van der Waals surface area contributed by atoms with E-state index in [1.807, 2.05) is 42.5 Å². The number of hydrogen-bond acceptors (Lipinski definition) is 3. The third kappa shape index (κ3) is 3.73. The molecule has 0 saturated carbocycles. The summed E-state index contributed by atoms with van der Waals surface area (Å²) in [7, 11) is 0. The number of halogens is 2. The molecule has 0 aliphatic rings. The lowest BCUT2D eigenvalue weighted by Crippen LogP contribution is -2.02. The molecule has 1 atom stereocenters. The van der Waals surface area contributed by atoms with Crippen molar-refractivity contribution in [1.29, 1.82) is 5.26 Å². The zero-order valence-corrected chi connectivity index (χ0v) is 14.8. The first kappa shape index (κ1) is 16.9. The van der Waals surface area contributed by atoms with Gasteiger partial charge in [-0.25, -0.2) is 0 Å². The van der Waals surface area contributed by atoms with Crippen molar-refractivity contribution in [1.82, 2.24) is 4.98 Å². The molecule has 0 radical (unpaired) electrons. The van der Waals surface area contributed by atoms with Gasteiger partial charge in [-0.2, -0.15) is 5.26 Å². The van der Waals surface area contributed by atoms with Crippen LogP contribution in [0.5, 0.6) is 0 Å². The maximum atomic E-state index is 9.57. The molecule has 0 aliphatic carbocycles. The van der Waals surface area contributed by atoms with E-state index in [0.717, 1.165) is 9.79 Å². The van der Waals surface area contributed by atoms with Crippen LogP contribution in [-0.2, 0) is 0 Å². The first-order valence-electron chi connectivity index (χ1n) is 7.21. The molecule has 0 saturated heterocycles. The summed E-state index contributed by atoms with van der Waals surface area (Å²) >= 11 is 14.1. The van der Waals surface area contributed by atoms with Gasteiger partial charge in [-0.3, -0.25) is 4.98 Å². The van der Waals surface area contributed by atoms with Crippen LogP contribution in [0.4, 0.5) is 0 Å². The number of aromatic nitrogens is 1. The number of nitriles is 1. The summed E-state index contributed by atoms with van der Waals surface area (Å²) in [6.07, 6.45) is 1.77. The van der Waals surface area contributed by atoms with E-state index in [2.05, 4.69) is 11.1 Å². The van der Waals surface area contributed by atoms with Gasteiger partial charge >= 0.3 is 0 Å². The van der Waals surface area contributed by atoms with Gasteiger partial charge in [-0.15, -0.1) is 0 Å². The van der Waals surface area contributed by atoms with Gasteiger partial charge in [0.05, 0.1) is 11.8 Å². The van der Waals surface area contributed by atoms with Crippen molar-refractivity contribution in [2.75, 3.05) is 0 Å². The average Bonchev–Trinajstić information content (AvgIpc) is 2.60. The van der Waals surface area contributed by atoms with E-state index in [9.17, 15) is 5.26 Å². The number of benzene rings is 2. The molecule has 2 nitrogen and oxygen atoms in total. The van der Waals surface area contributed by atoms with E-state index in [1.54, 1.807) is 36.2 Å². The van der Waals surface area contributed by atoms with E-state index in [-0.39, 0.29) is 0 Å². The second kappa shape index (κ2) is 7.72. The van der Waals surface area contributed by atoms with Crippen molar-refractivity contribution < 1.29 is 0 Å². The second-order valence-electron chi connectivity index (χ2n) is 5.03. The van der Waals surface area contributed by atoms with Crippen LogP contribution in [0.3, 0.4) is 0 Å². The lowest BCUT2D eigenvalue weighted by Gasteiger charge is -2.13. The van der Waals surface area contributed by atoms with Gasteiger partial charge in [0.2, 0.25) is 0 Å². The second-order valence-corrected chi connectivity index (χ2v) is 6.99. The highest BCUT2D eigenvalue weighted by Gasteiger charge is 2.21. The highest BCUT2D eigenvalue weighted by atomic mass is 35.5. The number of hydrogen-bond donors (Lipinski definition) is 0. The van der Waals surface area contributed by atoms with Gasteiger partial charge in [-0.05, 0) is 36.4 Å². The minimum atomic E-state index is -0.595. The molecule has 0 bridgehead atoms. The minimum absolute atomic E-state index is 0.471. The highest BCUT2D eigenvalue weighted by molar-refractivity contribution is 7.99. The van der Waals surface area contributed by atoms with E-state index in [1.165, 1.54) is 0 Å². The Morgan fingerprint density at radius 3 is 2.17 bits per heavy atom. The predicted octanol–water partition coefficient (Wildman–Crippen LogP) is 6.20. The summed E-state index contributed by atoms with van der Waals surface area (Å²) in [6.45, 7) is 0. The molecule has 0 N–H and O–H groups in total. The van der Waals surface area contributed by atoms with Crippen LogP contribution in [0.2, 0.25) is 10.0 Å². The number of nitrogens with zero attached hydrogens (tertiary/aromatic N) is 2. The molecule has 24 heavy (non-hydrogen) atoms. The fraction of sp³-hybridized carbons (Fsp3) is 0.0526. The molecule has 3 rings (SSSR count). The van der Waals surface area contributed by atoms with Crippen molar-refractivity contribution in [3.63, 3.8) is 0 Å². The van der Waals surface area contributed by atoms with Crippen LogP contribution in [0.15, 0.2) is 76.7 Å². The zero-order chi connectivity index (χ0) is 16.9. The number of rotatable bonds is 4. The Hall–Kier alpha value is -1.99. The standard InChI is InChI=1S/C19H12Cl2N2S/c20-16-7-4-8-17(21)19(16)15(11-22)18-10-9-14(12-23-18)24-13-5-2-1-3-6-13/h1-10,12,15H. The summed E-state index contributed by atoms with van der Waals surface area (Å²) in [5.41, 5.74) is 1.23. The van der Waals surface area contributed by atoms with Crippen LogP contribution in [0, 0.1) is 11.3 Å². The summed E-state index contributed by atoms with van der Waals surface area (Å²) < 4.78 is 0. The average molecular weight is 371 g/mol. The molecule has 1 heterocycles. The van der Waals surface area contributed by atoms with Gasteiger partial charge in [0.15, 0.2) is 0 Å². The molecule has 1 unspecified atom stereocenters. The molecule has 1 aromatic heterocycles. The maximum absolute atomic E-state index is 9.57. The zero-order valence-electron chi connectivity index (χ0n) is 12.5. The molecular weight excluding hydrogens is 359 g/mol. The summed E-state index contributed by atoms with van der Waals surface area (Å²) in [5.74, 6) is -0.595. The van der Waals surface area contributed by atoms with E-state index < -0.39 is 5.92 Å². The van der Waals surface area contributed by atoms with Gasteiger partial charge < -0.3 is 0 Å². The molecule has 3 aromatic rings. The molecule has 0 fully saturated rings. The molecule has 5 heteroatoms. The maximum Gasteiger partial charge on any atom is 0.116 e. The van der Waals surface area contributed by atoms with Crippen molar-refractivity contribution in [2.45, 2.75) is 15.7 Å².